The van der Waals surface area contributed by atoms with E-state index in [9.17, 15) is 4.79 Å². The first-order valence-electron chi connectivity index (χ1n) is 7.04. The monoisotopic (exact) mass is 325 g/mol. The van der Waals surface area contributed by atoms with Gasteiger partial charge in [-0.3, -0.25) is 10.1 Å². The molecule has 0 bridgehead atoms. The number of carbonyl (C=O) groups is 1. The van der Waals surface area contributed by atoms with Crippen molar-refractivity contribution in [3.63, 3.8) is 0 Å². The number of amides is 1. The largest absolute Gasteiger partial charge is 0.298 e. The van der Waals surface area contributed by atoms with Gasteiger partial charge in [-0.05, 0) is 18.6 Å². The first-order chi connectivity index (χ1) is 11.2. The van der Waals surface area contributed by atoms with Crippen LogP contribution in [-0.2, 0) is 11.3 Å². The minimum absolute atomic E-state index is 0.239. The Balaban J connectivity index is 1.58. The van der Waals surface area contributed by atoms with Crippen molar-refractivity contribution < 1.29 is 4.79 Å². The fraction of sp³-hybridized carbons (Fsp3) is 0.125. The van der Waals surface area contributed by atoms with E-state index in [2.05, 4.69) is 20.6 Å². The van der Waals surface area contributed by atoms with Gasteiger partial charge in [0.1, 0.15) is 5.69 Å². The number of aromatic nitrogens is 4. The molecule has 0 atom stereocenters. The van der Waals surface area contributed by atoms with Crippen LogP contribution in [0, 0.1) is 6.92 Å². The standard InChI is InChI=1S/C16H15N5OS/c1-12-11-23-16(17-12)18-15(22)8-7-14-10-21(20-19-14)9-13-5-3-2-4-6-13/h2-8,10-11H,9H2,1H3,(H,17,18,22)/b8-7+. The van der Waals surface area contributed by atoms with Crippen LogP contribution >= 0.6 is 11.3 Å². The highest BCUT2D eigenvalue weighted by molar-refractivity contribution is 7.13. The number of benzene rings is 1. The van der Waals surface area contributed by atoms with Gasteiger partial charge in [0.25, 0.3) is 0 Å². The molecule has 0 aliphatic heterocycles. The van der Waals surface area contributed by atoms with Crippen molar-refractivity contribution >= 4 is 28.5 Å². The minimum Gasteiger partial charge on any atom is -0.298 e. The van der Waals surface area contributed by atoms with E-state index in [4.69, 9.17) is 0 Å². The fourth-order valence-corrected chi connectivity index (χ4v) is 2.65. The normalized spacial score (nSPS) is 11.0. The third kappa shape index (κ3) is 4.33. The Morgan fingerprint density at radius 2 is 2.17 bits per heavy atom. The number of hydrogen-bond acceptors (Lipinski definition) is 5. The lowest BCUT2D eigenvalue weighted by atomic mass is 10.2. The third-order valence-corrected chi connectivity index (χ3v) is 3.87. The topological polar surface area (TPSA) is 72.7 Å². The van der Waals surface area contributed by atoms with Crippen molar-refractivity contribution in [3.05, 3.63) is 64.9 Å². The Labute approximate surface area is 137 Å². The van der Waals surface area contributed by atoms with E-state index in [-0.39, 0.29) is 5.91 Å². The second kappa shape index (κ2) is 6.97. The van der Waals surface area contributed by atoms with Gasteiger partial charge in [-0.25, -0.2) is 9.67 Å². The molecule has 3 aromatic rings. The zero-order valence-corrected chi connectivity index (χ0v) is 13.3. The van der Waals surface area contributed by atoms with E-state index in [1.165, 1.54) is 17.4 Å². The number of nitrogens with one attached hydrogen (secondary N) is 1. The summed E-state index contributed by atoms with van der Waals surface area (Å²) in [4.78, 5) is 16.0. The molecule has 0 saturated carbocycles. The SMILES string of the molecule is Cc1csc(NC(=O)/C=C/c2cn(Cc3ccccc3)nn2)n1. The molecule has 0 spiro atoms. The Hall–Kier alpha value is -2.80. The van der Waals surface area contributed by atoms with E-state index < -0.39 is 0 Å². The maximum Gasteiger partial charge on any atom is 0.250 e. The predicted octanol–water partition coefficient (Wildman–Crippen LogP) is 2.74. The van der Waals surface area contributed by atoms with Crippen LogP contribution in [-0.4, -0.2) is 25.9 Å². The zero-order valence-electron chi connectivity index (χ0n) is 12.5. The van der Waals surface area contributed by atoms with E-state index in [1.54, 1.807) is 17.0 Å². The molecule has 1 aromatic carbocycles. The minimum atomic E-state index is -0.239. The number of aryl methyl sites for hydroxylation is 1. The lowest BCUT2D eigenvalue weighted by molar-refractivity contribution is -0.111. The van der Waals surface area contributed by atoms with Crippen LogP contribution in [0.4, 0.5) is 5.13 Å². The van der Waals surface area contributed by atoms with Crippen LogP contribution in [0.25, 0.3) is 6.08 Å². The van der Waals surface area contributed by atoms with Gasteiger partial charge < -0.3 is 0 Å². The van der Waals surface area contributed by atoms with Crippen molar-refractivity contribution in [2.75, 3.05) is 5.32 Å². The van der Waals surface area contributed by atoms with Crippen molar-refractivity contribution in [2.45, 2.75) is 13.5 Å². The molecular formula is C16H15N5OS. The Kier molecular flexibility index (Phi) is 4.58. The molecule has 2 aromatic heterocycles. The van der Waals surface area contributed by atoms with Gasteiger partial charge in [0, 0.05) is 11.5 Å². The Morgan fingerprint density at radius 1 is 1.35 bits per heavy atom. The molecule has 0 aliphatic carbocycles. The van der Waals surface area contributed by atoms with Crippen LogP contribution in [0.3, 0.4) is 0 Å². The lowest BCUT2D eigenvalue weighted by Crippen LogP contribution is -2.07. The number of rotatable bonds is 5. The summed E-state index contributed by atoms with van der Waals surface area (Å²) >= 11 is 1.40. The maximum absolute atomic E-state index is 11.8. The molecule has 6 nitrogen and oxygen atoms in total. The van der Waals surface area contributed by atoms with Gasteiger partial charge in [0.15, 0.2) is 5.13 Å². The second-order valence-electron chi connectivity index (χ2n) is 4.94. The summed E-state index contributed by atoms with van der Waals surface area (Å²) < 4.78 is 1.73. The van der Waals surface area contributed by atoms with Crippen molar-refractivity contribution in [3.8, 4) is 0 Å². The summed E-state index contributed by atoms with van der Waals surface area (Å²) in [5, 5.41) is 13.3. The first-order valence-corrected chi connectivity index (χ1v) is 7.92. The summed E-state index contributed by atoms with van der Waals surface area (Å²) in [6, 6.07) is 10.00. The van der Waals surface area contributed by atoms with Gasteiger partial charge in [-0.2, -0.15) is 0 Å². The van der Waals surface area contributed by atoms with Gasteiger partial charge in [-0.15, -0.1) is 16.4 Å². The van der Waals surface area contributed by atoms with Crippen LogP contribution < -0.4 is 5.32 Å². The highest BCUT2D eigenvalue weighted by Crippen LogP contribution is 2.14. The van der Waals surface area contributed by atoms with E-state index in [0.717, 1.165) is 11.3 Å². The second-order valence-corrected chi connectivity index (χ2v) is 5.80. The van der Waals surface area contributed by atoms with Crippen LogP contribution in [0.2, 0.25) is 0 Å². The van der Waals surface area contributed by atoms with Gasteiger partial charge in [0.05, 0.1) is 18.4 Å². The number of thiazole rings is 1. The summed E-state index contributed by atoms with van der Waals surface area (Å²) in [7, 11) is 0. The van der Waals surface area contributed by atoms with Crippen LogP contribution in [0.5, 0.6) is 0 Å². The van der Waals surface area contributed by atoms with Gasteiger partial charge in [0.2, 0.25) is 5.91 Å². The van der Waals surface area contributed by atoms with Crippen LogP contribution in [0.1, 0.15) is 17.0 Å². The zero-order chi connectivity index (χ0) is 16.1. The molecule has 23 heavy (non-hydrogen) atoms. The summed E-state index contributed by atoms with van der Waals surface area (Å²) in [5.41, 5.74) is 2.66. The average molecular weight is 325 g/mol. The van der Waals surface area contributed by atoms with Crippen molar-refractivity contribution in [2.24, 2.45) is 0 Å². The molecule has 116 valence electrons. The molecule has 0 unspecified atom stereocenters. The molecule has 0 aliphatic rings. The molecule has 0 saturated heterocycles. The maximum atomic E-state index is 11.8. The lowest BCUT2D eigenvalue weighted by Gasteiger charge is -1.98. The average Bonchev–Trinajstić information content (AvgIpc) is 3.15. The summed E-state index contributed by atoms with van der Waals surface area (Å²) in [5.74, 6) is -0.239. The number of carbonyl (C=O) groups excluding carboxylic acids is 1. The van der Waals surface area contributed by atoms with Gasteiger partial charge in [-0.1, -0.05) is 35.5 Å². The molecule has 7 heteroatoms. The molecular weight excluding hydrogens is 310 g/mol. The fourth-order valence-electron chi connectivity index (χ4n) is 1.96. The van der Waals surface area contributed by atoms with Gasteiger partial charge >= 0.3 is 0 Å². The third-order valence-electron chi connectivity index (χ3n) is 3.00. The highest BCUT2D eigenvalue weighted by Gasteiger charge is 2.03. The van der Waals surface area contributed by atoms with Crippen molar-refractivity contribution in [1.29, 1.82) is 0 Å². The smallest absolute Gasteiger partial charge is 0.250 e. The summed E-state index contributed by atoms with van der Waals surface area (Å²) in [6.07, 6.45) is 4.85. The molecule has 2 heterocycles. The predicted molar refractivity (Wildman–Crippen MR) is 90.1 cm³/mol. The summed E-state index contributed by atoms with van der Waals surface area (Å²) in [6.45, 7) is 2.53. The van der Waals surface area contributed by atoms with Crippen molar-refractivity contribution in [1.82, 2.24) is 20.0 Å². The van der Waals surface area contributed by atoms with Crippen LogP contribution in [0.15, 0.2) is 48.0 Å². The number of nitrogens with zero attached hydrogens (tertiary/aromatic N) is 4. The Bertz CT molecular complexity index is 822. The molecule has 3 rings (SSSR count). The number of anilines is 1. The molecule has 1 amide bonds. The molecule has 0 radical (unpaired) electrons. The first kappa shape index (κ1) is 15.1. The molecule has 0 fully saturated rings. The van der Waals surface area contributed by atoms with E-state index in [1.807, 2.05) is 42.6 Å². The quantitative estimate of drug-likeness (QED) is 0.732. The van der Waals surface area contributed by atoms with E-state index >= 15 is 0 Å². The number of hydrogen-bond donors (Lipinski definition) is 1. The van der Waals surface area contributed by atoms with E-state index in [0.29, 0.717) is 17.4 Å². The molecule has 1 N–H and O–H groups in total. The highest BCUT2D eigenvalue weighted by atomic mass is 32.1. The Morgan fingerprint density at radius 3 is 2.91 bits per heavy atom.